The molecule has 2 aromatic heterocycles. The van der Waals surface area contributed by atoms with Crippen molar-refractivity contribution in [1.82, 2.24) is 20.1 Å². The number of ether oxygens (including phenoxy) is 1. The summed E-state index contributed by atoms with van der Waals surface area (Å²) in [6.45, 7) is 2.35. The molecule has 1 aliphatic carbocycles. The van der Waals surface area contributed by atoms with Gasteiger partial charge in [0.15, 0.2) is 0 Å². The minimum absolute atomic E-state index is 0.268. The second kappa shape index (κ2) is 6.44. The van der Waals surface area contributed by atoms with Crippen molar-refractivity contribution >= 4 is 0 Å². The Morgan fingerprint density at radius 2 is 2.04 bits per heavy atom. The van der Waals surface area contributed by atoms with E-state index in [0.717, 1.165) is 12.5 Å². The van der Waals surface area contributed by atoms with E-state index >= 15 is 0 Å². The van der Waals surface area contributed by atoms with Gasteiger partial charge in [0.05, 0.1) is 24.4 Å². The van der Waals surface area contributed by atoms with Gasteiger partial charge in [0, 0.05) is 11.6 Å². The third-order valence-corrected chi connectivity index (χ3v) is 4.64. The molecule has 0 atom stereocenters. The van der Waals surface area contributed by atoms with Crippen LogP contribution >= 0.6 is 0 Å². The van der Waals surface area contributed by atoms with Gasteiger partial charge in [-0.3, -0.25) is 0 Å². The molecule has 4 rings (SSSR count). The highest BCUT2D eigenvalue weighted by atomic mass is 19.1. The van der Waals surface area contributed by atoms with Crippen molar-refractivity contribution in [3.63, 3.8) is 0 Å². The van der Waals surface area contributed by atoms with Gasteiger partial charge in [-0.15, -0.1) is 0 Å². The number of halogens is 2. The van der Waals surface area contributed by atoms with E-state index < -0.39 is 17.0 Å². The van der Waals surface area contributed by atoms with Crippen molar-refractivity contribution < 1.29 is 18.0 Å². The molecule has 134 valence electrons. The fourth-order valence-electron chi connectivity index (χ4n) is 3.18. The Morgan fingerprint density at radius 1 is 1.19 bits per heavy atom. The Bertz CT molecular complexity index is 923. The molecule has 0 spiro atoms. The van der Waals surface area contributed by atoms with Gasteiger partial charge in [0.25, 0.3) is 0 Å². The Morgan fingerprint density at radius 3 is 2.65 bits per heavy atom. The third kappa shape index (κ3) is 2.71. The molecular formula is C18H16F2N4O2. The summed E-state index contributed by atoms with van der Waals surface area (Å²) < 4.78 is 38.3. The van der Waals surface area contributed by atoms with E-state index in [2.05, 4.69) is 20.1 Å². The Hall–Kier alpha value is -2.90. The summed E-state index contributed by atoms with van der Waals surface area (Å²) in [5.41, 5.74) is 0.0810. The Balaban J connectivity index is 1.67. The van der Waals surface area contributed by atoms with Crippen molar-refractivity contribution in [2.24, 2.45) is 0 Å². The summed E-state index contributed by atoms with van der Waals surface area (Å²) in [4.78, 5) is 12.7. The summed E-state index contributed by atoms with van der Waals surface area (Å²) in [5.74, 6) is -0.241. The number of hydrogen-bond acceptors (Lipinski definition) is 6. The Labute approximate surface area is 148 Å². The van der Waals surface area contributed by atoms with Crippen LogP contribution in [0.1, 0.15) is 37.6 Å². The normalized spacial score (nSPS) is 15.5. The average molecular weight is 358 g/mol. The summed E-state index contributed by atoms with van der Waals surface area (Å²) in [7, 11) is 0. The third-order valence-electron chi connectivity index (χ3n) is 4.64. The molecule has 0 aliphatic heterocycles. The highest BCUT2D eigenvalue weighted by Gasteiger charge is 2.47. The van der Waals surface area contributed by atoms with Crippen LogP contribution in [0.25, 0.3) is 11.5 Å². The van der Waals surface area contributed by atoms with E-state index in [-0.39, 0.29) is 5.82 Å². The van der Waals surface area contributed by atoms with Crippen LogP contribution in [0.3, 0.4) is 0 Å². The van der Waals surface area contributed by atoms with Gasteiger partial charge in [0.2, 0.25) is 17.6 Å². The maximum absolute atomic E-state index is 14.3. The first-order valence-electron chi connectivity index (χ1n) is 8.37. The largest absolute Gasteiger partial charge is 0.477 e. The predicted octanol–water partition coefficient (Wildman–Crippen LogP) is 3.67. The average Bonchev–Trinajstić information content (AvgIpc) is 3.07. The van der Waals surface area contributed by atoms with Crippen molar-refractivity contribution in [3.05, 3.63) is 53.7 Å². The molecule has 1 aromatic carbocycles. The number of rotatable bonds is 5. The fourth-order valence-corrected chi connectivity index (χ4v) is 3.18. The quantitative estimate of drug-likeness (QED) is 0.693. The van der Waals surface area contributed by atoms with Gasteiger partial charge in [-0.05, 0) is 25.8 Å². The van der Waals surface area contributed by atoms with Crippen LogP contribution in [0.15, 0.2) is 35.1 Å². The maximum Gasteiger partial charge on any atom is 0.237 e. The maximum atomic E-state index is 14.3. The zero-order valence-electron chi connectivity index (χ0n) is 14.1. The minimum Gasteiger partial charge on any atom is -0.477 e. The first-order chi connectivity index (χ1) is 12.6. The highest BCUT2D eigenvalue weighted by Crippen LogP contribution is 2.49. The zero-order chi connectivity index (χ0) is 18.1. The minimum atomic E-state index is -0.721. The number of benzene rings is 1. The van der Waals surface area contributed by atoms with E-state index in [4.69, 9.17) is 9.26 Å². The first-order valence-corrected chi connectivity index (χ1v) is 8.37. The van der Waals surface area contributed by atoms with Crippen molar-refractivity contribution in [2.75, 3.05) is 6.61 Å². The molecule has 3 aromatic rings. The predicted molar refractivity (Wildman–Crippen MR) is 87.5 cm³/mol. The van der Waals surface area contributed by atoms with E-state index in [0.29, 0.717) is 42.5 Å². The second-order valence-corrected chi connectivity index (χ2v) is 6.16. The van der Waals surface area contributed by atoms with E-state index in [1.54, 1.807) is 0 Å². The van der Waals surface area contributed by atoms with Crippen LogP contribution in [-0.4, -0.2) is 26.7 Å². The standard InChI is InChI=1S/C18H16F2N4O2/c1-2-25-15-10-21-14(9-22-15)16-23-17(26-24-16)18(6-3-7-18)12-5-4-11(19)8-13(12)20/h4-5,8-10H,2-3,6-7H2,1H3. The van der Waals surface area contributed by atoms with Gasteiger partial charge in [0.1, 0.15) is 17.3 Å². The molecule has 1 saturated carbocycles. The molecule has 0 amide bonds. The van der Waals surface area contributed by atoms with Crippen LogP contribution in [0.4, 0.5) is 8.78 Å². The molecule has 6 nitrogen and oxygen atoms in total. The Kier molecular flexibility index (Phi) is 4.10. The molecule has 26 heavy (non-hydrogen) atoms. The molecule has 1 aliphatic rings. The van der Waals surface area contributed by atoms with Crippen LogP contribution in [0, 0.1) is 11.6 Å². The topological polar surface area (TPSA) is 73.9 Å². The first kappa shape index (κ1) is 16.6. The molecule has 0 saturated heterocycles. The van der Waals surface area contributed by atoms with E-state index in [9.17, 15) is 8.78 Å². The lowest BCUT2D eigenvalue weighted by Crippen LogP contribution is -2.36. The fraction of sp³-hybridized carbons (Fsp3) is 0.333. The van der Waals surface area contributed by atoms with E-state index in [1.807, 2.05) is 6.92 Å². The molecule has 8 heteroatoms. The molecule has 0 radical (unpaired) electrons. The second-order valence-electron chi connectivity index (χ2n) is 6.16. The molecule has 0 N–H and O–H groups in total. The number of nitrogens with zero attached hydrogens (tertiary/aromatic N) is 4. The van der Waals surface area contributed by atoms with Gasteiger partial charge in [-0.2, -0.15) is 4.98 Å². The van der Waals surface area contributed by atoms with Gasteiger partial charge in [-0.1, -0.05) is 17.6 Å². The van der Waals surface area contributed by atoms with Crippen molar-refractivity contribution in [2.45, 2.75) is 31.6 Å². The smallest absolute Gasteiger partial charge is 0.237 e. The number of aromatic nitrogens is 4. The summed E-state index contributed by atoms with van der Waals surface area (Å²) >= 11 is 0. The highest BCUT2D eigenvalue weighted by molar-refractivity contribution is 5.47. The zero-order valence-corrected chi connectivity index (χ0v) is 14.1. The molecule has 1 fully saturated rings. The van der Waals surface area contributed by atoms with Crippen LogP contribution < -0.4 is 4.74 Å². The monoisotopic (exact) mass is 358 g/mol. The molecular weight excluding hydrogens is 342 g/mol. The van der Waals surface area contributed by atoms with Gasteiger partial charge < -0.3 is 9.26 Å². The van der Waals surface area contributed by atoms with Crippen LogP contribution in [0.2, 0.25) is 0 Å². The summed E-state index contributed by atoms with van der Waals surface area (Å²) in [5, 5.41) is 3.96. The SMILES string of the molecule is CCOc1cnc(-c2noc(C3(c4ccc(F)cc4F)CCC3)n2)cn1. The summed E-state index contributed by atoms with van der Waals surface area (Å²) in [6, 6.07) is 3.57. The summed E-state index contributed by atoms with van der Waals surface area (Å²) in [6.07, 6.45) is 5.19. The molecule has 0 unspecified atom stereocenters. The lowest BCUT2D eigenvalue weighted by atomic mass is 9.64. The number of hydrogen-bond donors (Lipinski definition) is 0. The van der Waals surface area contributed by atoms with Crippen LogP contribution in [-0.2, 0) is 5.41 Å². The molecule has 0 bridgehead atoms. The van der Waals surface area contributed by atoms with Gasteiger partial charge >= 0.3 is 0 Å². The van der Waals surface area contributed by atoms with Gasteiger partial charge in [-0.25, -0.2) is 18.7 Å². The lowest BCUT2D eigenvalue weighted by Gasteiger charge is -2.38. The molecule has 2 heterocycles. The van der Waals surface area contributed by atoms with Crippen molar-refractivity contribution in [3.8, 4) is 17.4 Å². The van der Waals surface area contributed by atoms with Crippen molar-refractivity contribution in [1.29, 1.82) is 0 Å². The lowest BCUT2D eigenvalue weighted by molar-refractivity contribution is 0.211. The van der Waals surface area contributed by atoms with E-state index in [1.165, 1.54) is 24.5 Å². The van der Waals surface area contributed by atoms with Crippen LogP contribution in [0.5, 0.6) is 5.88 Å².